The van der Waals surface area contributed by atoms with Gasteiger partial charge in [0.1, 0.15) is 17.3 Å². The van der Waals surface area contributed by atoms with Gasteiger partial charge in [0.05, 0.1) is 31.8 Å². The Kier molecular flexibility index (Phi) is 8.00. The predicted octanol–water partition coefficient (Wildman–Crippen LogP) is 5.64. The molecule has 0 aliphatic carbocycles. The van der Waals surface area contributed by atoms with Crippen molar-refractivity contribution in [3.05, 3.63) is 94.6 Å². The molecule has 1 aliphatic heterocycles. The number of aliphatic hydroxyl groups is 1. The molecule has 1 amide bonds. The Morgan fingerprint density at radius 1 is 0.950 bits per heavy atom. The average molecular weight is 544 g/mol. The Morgan fingerprint density at radius 2 is 1.62 bits per heavy atom. The van der Waals surface area contributed by atoms with E-state index in [0.29, 0.717) is 40.5 Å². The third-order valence-corrected chi connectivity index (χ3v) is 6.81. The zero-order chi connectivity index (χ0) is 29.2. The van der Waals surface area contributed by atoms with Crippen molar-refractivity contribution < 1.29 is 34.1 Å². The lowest BCUT2D eigenvalue weighted by atomic mass is 9.84. The summed E-state index contributed by atoms with van der Waals surface area (Å²) in [5, 5.41) is 20.8. The van der Waals surface area contributed by atoms with E-state index in [-0.39, 0.29) is 23.2 Å². The van der Waals surface area contributed by atoms with Crippen molar-refractivity contribution in [1.29, 1.82) is 0 Å². The monoisotopic (exact) mass is 543 g/mol. The predicted molar refractivity (Wildman–Crippen MR) is 152 cm³/mol. The summed E-state index contributed by atoms with van der Waals surface area (Å²) >= 11 is 0. The maximum atomic E-state index is 13.6. The molecular weight excluding hydrogens is 510 g/mol. The van der Waals surface area contributed by atoms with Crippen LogP contribution in [0.5, 0.6) is 11.5 Å². The van der Waals surface area contributed by atoms with Crippen molar-refractivity contribution in [2.45, 2.75) is 45.6 Å². The van der Waals surface area contributed by atoms with Crippen molar-refractivity contribution in [3.63, 3.8) is 0 Å². The summed E-state index contributed by atoms with van der Waals surface area (Å²) in [7, 11) is 1.49. The summed E-state index contributed by atoms with van der Waals surface area (Å²) in [5.74, 6) is -1.83. The van der Waals surface area contributed by atoms with Crippen LogP contribution in [-0.2, 0) is 26.2 Å². The van der Waals surface area contributed by atoms with Crippen LogP contribution in [0.15, 0.2) is 72.3 Å². The molecule has 208 valence electrons. The zero-order valence-electron chi connectivity index (χ0n) is 23.2. The molecule has 1 atom stereocenters. The van der Waals surface area contributed by atoms with Crippen LogP contribution in [0.3, 0.4) is 0 Å². The summed E-state index contributed by atoms with van der Waals surface area (Å²) in [6.45, 7) is 8.44. The fraction of sp³-hybridized carbons (Fsp3) is 0.281. The maximum Gasteiger partial charge on any atom is 0.307 e. The number of hydrogen-bond acceptors (Lipinski definition) is 6. The number of benzene rings is 3. The second-order valence-electron chi connectivity index (χ2n) is 10.5. The molecule has 8 nitrogen and oxygen atoms in total. The summed E-state index contributed by atoms with van der Waals surface area (Å²) in [4.78, 5) is 39.6. The molecule has 0 saturated carbocycles. The van der Waals surface area contributed by atoms with Gasteiger partial charge >= 0.3 is 5.97 Å². The van der Waals surface area contributed by atoms with E-state index in [9.17, 15) is 19.5 Å². The molecule has 0 aromatic heterocycles. The number of carboxylic acids is 1. The second kappa shape index (κ2) is 11.3. The van der Waals surface area contributed by atoms with Crippen LogP contribution in [0.2, 0.25) is 0 Å². The SMILES string of the molecule is CCOc1ccc(/C(O)=C2\C(=O)C(=O)N(c3ccc(CC(=O)O)cc3)C2c2ccccc2OC)cc1C(C)(C)C. The number of amides is 1. The number of methoxy groups -OCH3 is 1. The standard InChI is InChI=1S/C32H33NO7/c1-6-40-25-16-13-20(18-23(25)32(2,3)4)29(36)27-28(22-9-7-8-10-24(22)39-5)33(31(38)30(27)37)21-14-11-19(12-15-21)17-26(34)35/h7-16,18,28,36H,6,17H2,1-5H3,(H,34,35)/b29-27+. The molecular formula is C32H33NO7. The fourth-order valence-corrected chi connectivity index (χ4v) is 4.93. The van der Waals surface area contributed by atoms with E-state index in [4.69, 9.17) is 14.6 Å². The number of para-hydroxylation sites is 1. The van der Waals surface area contributed by atoms with Crippen molar-refractivity contribution in [2.75, 3.05) is 18.6 Å². The fourth-order valence-electron chi connectivity index (χ4n) is 4.93. The van der Waals surface area contributed by atoms with E-state index in [1.165, 1.54) is 12.0 Å². The topological polar surface area (TPSA) is 113 Å². The zero-order valence-corrected chi connectivity index (χ0v) is 23.2. The summed E-state index contributed by atoms with van der Waals surface area (Å²) < 4.78 is 11.4. The van der Waals surface area contributed by atoms with Gasteiger partial charge in [0, 0.05) is 22.4 Å². The molecule has 0 spiro atoms. The first-order valence-electron chi connectivity index (χ1n) is 13.0. The number of carbonyl (C=O) groups is 3. The molecule has 1 aliphatic rings. The van der Waals surface area contributed by atoms with Gasteiger partial charge in [-0.25, -0.2) is 0 Å². The minimum atomic E-state index is -0.994. The molecule has 40 heavy (non-hydrogen) atoms. The van der Waals surface area contributed by atoms with Crippen LogP contribution < -0.4 is 14.4 Å². The van der Waals surface area contributed by atoms with Crippen LogP contribution in [0, 0.1) is 0 Å². The van der Waals surface area contributed by atoms with Crippen molar-refractivity contribution >= 4 is 29.1 Å². The van der Waals surface area contributed by atoms with Gasteiger partial charge in [-0.15, -0.1) is 0 Å². The van der Waals surface area contributed by atoms with E-state index in [1.54, 1.807) is 66.7 Å². The highest BCUT2D eigenvalue weighted by Crippen LogP contribution is 2.45. The Balaban J connectivity index is 1.94. The van der Waals surface area contributed by atoms with Crippen molar-refractivity contribution in [3.8, 4) is 11.5 Å². The van der Waals surface area contributed by atoms with Crippen LogP contribution in [0.1, 0.15) is 56.0 Å². The number of carboxylic acid groups (broad SMARTS) is 1. The first kappa shape index (κ1) is 28.4. The summed E-state index contributed by atoms with van der Waals surface area (Å²) in [6, 6.07) is 17.6. The van der Waals surface area contributed by atoms with E-state index < -0.39 is 23.7 Å². The molecule has 1 fully saturated rings. The first-order valence-corrected chi connectivity index (χ1v) is 13.0. The molecule has 2 N–H and O–H groups in total. The molecule has 1 unspecified atom stereocenters. The number of anilines is 1. The lowest BCUT2D eigenvalue weighted by Crippen LogP contribution is -2.29. The van der Waals surface area contributed by atoms with Crippen LogP contribution in [-0.4, -0.2) is 41.6 Å². The van der Waals surface area contributed by atoms with Gasteiger partial charge in [-0.3, -0.25) is 19.3 Å². The lowest BCUT2D eigenvalue weighted by molar-refractivity contribution is -0.136. The molecule has 1 saturated heterocycles. The number of aliphatic hydroxyl groups excluding tert-OH is 1. The highest BCUT2D eigenvalue weighted by atomic mass is 16.5. The number of Topliss-reactive ketones (excluding diaryl/α,β-unsaturated/α-hetero) is 1. The number of ketones is 1. The Morgan fingerprint density at radius 3 is 2.23 bits per heavy atom. The lowest BCUT2D eigenvalue weighted by Gasteiger charge is -2.27. The second-order valence-corrected chi connectivity index (χ2v) is 10.5. The molecule has 0 radical (unpaired) electrons. The third-order valence-electron chi connectivity index (χ3n) is 6.81. The van der Waals surface area contributed by atoms with Gasteiger partial charge in [0.2, 0.25) is 0 Å². The number of hydrogen-bond donors (Lipinski definition) is 2. The normalized spacial score (nSPS) is 16.7. The van der Waals surface area contributed by atoms with Gasteiger partial charge in [-0.05, 0) is 54.3 Å². The van der Waals surface area contributed by atoms with Gasteiger partial charge in [-0.2, -0.15) is 0 Å². The van der Waals surface area contributed by atoms with E-state index in [1.807, 2.05) is 27.7 Å². The number of ether oxygens (including phenoxy) is 2. The minimum Gasteiger partial charge on any atom is -0.507 e. The maximum absolute atomic E-state index is 13.6. The van der Waals surface area contributed by atoms with Crippen molar-refractivity contribution in [2.24, 2.45) is 0 Å². The Labute approximate surface area is 233 Å². The number of aliphatic carboxylic acids is 1. The molecule has 8 heteroatoms. The van der Waals surface area contributed by atoms with Crippen LogP contribution in [0.4, 0.5) is 5.69 Å². The Bertz CT molecular complexity index is 1480. The van der Waals surface area contributed by atoms with Gasteiger partial charge in [-0.1, -0.05) is 51.1 Å². The highest BCUT2D eigenvalue weighted by Gasteiger charge is 2.48. The summed E-state index contributed by atoms with van der Waals surface area (Å²) in [5.41, 5.74) is 2.26. The molecule has 3 aromatic carbocycles. The van der Waals surface area contributed by atoms with Crippen LogP contribution in [0.25, 0.3) is 5.76 Å². The quantitative estimate of drug-likeness (QED) is 0.215. The number of nitrogens with zero attached hydrogens (tertiary/aromatic N) is 1. The third kappa shape index (κ3) is 5.43. The number of rotatable bonds is 8. The molecule has 0 bridgehead atoms. The average Bonchev–Trinajstić information content (AvgIpc) is 3.18. The molecule has 4 rings (SSSR count). The Hall–Kier alpha value is -4.59. The smallest absolute Gasteiger partial charge is 0.307 e. The van der Waals surface area contributed by atoms with E-state index in [0.717, 1.165) is 5.56 Å². The highest BCUT2D eigenvalue weighted by molar-refractivity contribution is 6.51. The molecule has 1 heterocycles. The van der Waals surface area contributed by atoms with Gasteiger partial charge in [0.25, 0.3) is 11.7 Å². The van der Waals surface area contributed by atoms with Crippen molar-refractivity contribution in [1.82, 2.24) is 0 Å². The van der Waals surface area contributed by atoms with E-state index in [2.05, 4.69) is 0 Å². The van der Waals surface area contributed by atoms with Gasteiger partial charge in [0.15, 0.2) is 0 Å². The minimum absolute atomic E-state index is 0.0758. The van der Waals surface area contributed by atoms with Crippen LogP contribution >= 0.6 is 0 Å². The van der Waals surface area contributed by atoms with Gasteiger partial charge < -0.3 is 19.7 Å². The molecule has 3 aromatic rings. The van der Waals surface area contributed by atoms with E-state index >= 15 is 0 Å². The largest absolute Gasteiger partial charge is 0.507 e. The first-order chi connectivity index (χ1) is 19.0. The summed E-state index contributed by atoms with van der Waals surface area (Å²) in [6.07, 6.45) is -0.178. The number of carbonyl (C=O) groups excluding carboxylic acids is 2.